The van der Waals surface area contributed by atoms with Crippen molar-refractivity contribution < 1.29 is 23.8 Å². The first-order valence-electron chi connectivity index (χ1n) is 24.5. The van der Waals surface area contributed by atoms with E-state index in [1.807, 2.05) is 0 Å². The van der Waals surface area contributed by atoms with E-state index in [4.69, 9.17) is 14.2 Å². The monoisotopic (exact) mass is 780 g/mol. The first kappa shape index (κ1) is 53.9. The van der Waals surface area contributed by atoms with Gasteiger partial charge in [0, 0.05) is 32.6 Å². The Morgan fingerprint density at radius 2 is 0.745 bits per heavy atom. The molecule has 0 aliphatic carbocycles. The fourth-order valence-corrected chi connectivity index (χ4v) is 7.96. The number of unbranched alkanes of at least 4 members (excludes halogenated alkanes) is 16. The minimum Gasteiger partial charge on any atom is -0.466 e. The third-order valence-electron chi connectivity index (χ3n) is 11.8. The van der Waals surface area contributed by atoms with Gasteiger partial charge in [0.05, 0.1) is 13.2 Å². The molecule has 0 fully saturated rings. The second kappa shape index (κ2) is 42.5. The maximum Gasteiger partial charge on any atom is 0.306 e. The number of esters is 2. The number of hydrogen-bond acceptors (Lipinski definition) is 6. The number of ether oxygens (including phenoxy) is 3. The van der Waals surface area contributed by atoms with Gasteiger partial charge in [-0.1, -0.05) is 170 Å². The summed E-state index contributed by atoms with van der Waals surface area (Å²) in [6, 6.07) is 0. The van der Waals surface area contributed by atoms with Crippen molar-refractivity contribution in [1.29, 1.82) is 0 Å². The normalized spacial score (nSPS) is 12.3. The molecule has 0 rings (SSSR count). The molecule has 0 aliphatic heterocycles. The van der Waals surface area contributed by atoms with Crippen molar-refractivity contribution in [3.05, 3.63) is 0 Å². The highest BCUT2D eigenvalue weighted by Gasteiger charge is 2.16. The first-order valence-corrected chi connectivity index (χ1v) is 24.5. The summed E-state index contributed by atoms with van der Waals surface area (Å²) in [5.41, 5.74) is 0. The van der Waals surface area contributed by atoms with Crippen LogP contribution in [0.2, 0.25) is 0 Å². The van der Waals surface area contributed by atoms with Crippen LogP contribution in [0.1, 0.15) is 241 Å². The van der Waals surface area contributed by atoms with E-state index in [9.17, 15) is 9.59 Å². The number of hydrogen-bond donors (Lipinski definition) is 0. The molecule has 1 unspecified atom stereocenters. The van der Waals surface area contributed by atoms with Crippen molar-refractivity contribution in [3.8, 4) is 0 Å². The van der Waals surface area contributed by atoms with Crippen LogP contribution in [0, 0.1) is 17.8 Å². The van der Waals surface area contributed by atoms with Crippen molar-refractivity contribution >= 4 is 11.9 Å². The van der Waals surface area contributed by atoms with E-state index in [0.717, 1.165) is 71.4 Å². The SMILES string of the molecule is CCCCC(CCCC)CC(=O)OCCCCCCCCCCC(CCCCCCCCOC(=O)CC(CCCC)CCCC)COCCCN(CC)CC. The molecule has 0 aromatic rings. The molecule has 0 saturated carbocycles. The number of rotatable bonds is 44. The first-order chi connectivity index (χ1) is 26.9. The Morgan fingerprint density at radius 3 is 1.11 bits per heavy atom. The zero-order valence-corrected chi connectivity index (χ0v) is 38.1. The summed E-state index contributed by atoms with van der Waals surface area (Å²) in [7, 11) is 0. The van der Waals surface area contributed by atoms with Crippen molar-refractivity contribution in [2.45, 2.75) is 241 Å². The molecule has 0 heterocycles. The zero-order valence-electron chi connectivity index (χ0n) is 38.1. The van der Waals surface area contributed by atoms with Crippen molar-refractivity contribution in [3.63, 3.8) is 0 Å². The Morgan fingerprint density at radius 1 is 0.400 bits per heavy atom. The van der Waals surface area contributed by atoms with Crippen LogP contribution >= 0.6 is 0 Å². The topological polar surface area (TPSA) is 65.1 Å². The number of nitrogens with zero attached hydrogens (tertiary/aromatic N) is 1. The highest BCUT2D eigenvalue weighted by molar-refractivity contribution is 5.70. The minimum absolute atomic E-state index is 0.0219. The predicted molar refractivity (Wildman–Crippen MR) is 237 cm³/mol. The van der Waals surface area contributed by atoms with Crippen LogP contribution in [-0.4, -0.2) is 62.9 Å². The summed E-state index contributed by atoms with van der Waals surface area (Å²) >= 11 is 0. The molecule has 0 bridgehead atoms. The van der Waals surface area contributed by atoms with Crippen molar-refractivity contribution in [2.24, 2.45) is 17.8 Å². The van der Waals surface area contributed by atoms with E-state index in [1.165, 1.54) is 148 Å². The molecular weight excluding hydrogens is 683 g/mol. The van der Waals surface area contributed by atoms with Gasteiger partial charge in [-0.05, 0) is 88.6 Å². The average molecular weight is 780 g/mol. The zero-order chi connectivity index (χ0) is 40.5. The number of carbonyl (C=O) groups excluding carboxylic acids is 2. The van der Waals surface area contributed by atoms with Gasteiger partial charge in [0.25, 0.3) is 0 Å². The van der Waals surface area contributed by atoms with Gasteiger partial charge in [0.15, 0.2) is 0 Å². The van der Waals surface area contributed by atoms with Gasteiger partial charge < -0.3 is 19.1 Å². The Hall–Kier alpha value is -1.14. The summed E-state index contributed by atoms with van der Waals surface area (Å²) in [4.78, 5) is 27.3. The molecule has 0 saturated heterocycles. The molecule has 0 aromatic heterocycles. The molecule has 6 nitrogen and oxygen atoms in total. The Balaban J connectivity index is 4.19. The Kier molecular flexibility index (Phi) is 41.6. The lowest BCUT2D eigenvalue weighted by Crippen LogP contribution is -2.25. The van der Waals surface area contributed by atoms with Crippen molar-refractivity contribution in [1.82, 2.24) is 4.90 Å². The highest BCUT2D eigenvalue weighted by atomic mass is 16.5. The molecule has 0 aromatic carbocycles. The summed E-state index contributed by atoms with van der Waals surface area (Å²) in [6.07, 6.45) is 36.6. The van der Waals surface area contributed by atoms with Crippen LogP contribution in [-0.2, 0) is 23.8 Å². The quantitative estimate of drug-likeness (QED) is 0.0453. The lowest BCUT2D eigenvalue weighted by molar-refractivity contribution is -0.146. The maximum atomic E-state index is 12.4. The second-order valence-corrected chi connectivity index (χ2v) is 17.0. The molecule has 0 spiro atoms. The Labute approximate surface area is 344 Å². The molecule has 1 atom stereocenters. The van der Waals surface area contributed by atoms with Crippen LogP contribution in [0.25, 0.3) is 0 Å². The Bertz CT molecular complexity index is 786. The minimum atomic E-state index is 0.0219. The molecular formula is C49H97NO5. The predicted octanol–water partition coefficient (Wildman–Crippen LogP) is 14.5. The maximum absolute atomic E-state index is 12.4. The van der Waals surface area contributed by atoms with E-state index in [-0.39, 0.29) is 11.9 Å². The summed E-state index contributed by atoms with van der Waals surface area (Å²) in [5.74, 6) is 1.75. The van der Waals surface area contributed by atoms with E-state index < -0.39 is 0 Å². The van der Waals surface area contributed by atoms with Crippen LogP contribution in [0.3, 0.4) is 0 Å². The highest BCUT2D eigenvalue weighted by Crippen LogP contribution is 2.23. The van der Waals surface area contributed by atoms with Crippen LogP contribution in [0.5, 0.6) is 0 Å². The molecule has 0 amide bonds. The number of carbonyl (C=O) groups is 2. The standard InChI is InChI=1S/C49H97NO5/c1-7-13-32-45(33-14-8-2)42-48(51)54-40-29-25-21-18-17-19-23-27-36-47(44-53-39-31-38-50(11-5)12-6)37-28-24-20-22-26-30-41-55-49(52)43-46(34-15-9-3)35-16-10-4/h45-47H,7-44H2,1-6H3. The average Bonchev–Trinajstić information content (AvgIpc) is 3.19. The van der Waals surface area contributed by atoms with Crippen LogP contribution in [0.15, 0.2) is 0 Å². The van der Waals surface area contributed by atoms with Crippen LogP contribution < -0.4 is 0 Å². The summed E-state index contributed by atoms with van der Waals surface area (Å²) in [6.45, 7) is 19.8. The van der Waals surface area contributed by atoms with Crippen LogP contribution in [0.4, 0.5) is 0 Å². The van der Waals surface area contributed by atoms with Gasteiger partial charge >= 0.3 is 11.9 Å². The van der Waals surface area contributed by atoms with E-state index in [2.05, 4.69) is 46.4 Å². The summed E-state index contributed by atoms with van der Waals surface area (Å²) in [5, 5.41) is 0. The van der Waals surface area contributed by atoms with Gasteiger partial charge in [-0.25, -0.2) is 0 Å². The second-order valence-electron chi connectivity index (χ2n) is 17.0. The van der Waals surface area contributed by atoms with E-state index >= 15 is 0 Å². The largest absolute Gasteiger partial charge is 0.466 e. The van der Waals surface area contributed by atoms with E-state index in [1.54, 1.807) is 0 Å². The van der Waals surface area contributed by atoms with Crippen molar-refractivity contribution in [2.75, 3.05) is 46.1 Å². The van der Waals surface area contributed by atoms with Gasteiger partial charge in [-0.3, -0.25) is 9.59 Å². The molecule has 55 heavy (non-hydrogen) atoms. The molecule has 0 N–H and O–H groups in total. The fraction of sp³-hybridized carbons (Fsp3) is 0.959. The lowest BCUT2D eigenvalue weighted by atomic mass is 9.93. The third kappa shape index (κ3) is 36.9. The van der Waals surface area contributed by atoms with Gasteiger partial charge in [0.1, 0.15) is 0 Å². The molecule has 0 radical (unpaired) electrons. The van der Waals surface area contributed by atoms with Gasteiger partial charge in [-0.2, -0.15) is 0 Å². The molecule has 6 heteroatoms. The smallest absolute Gasteiger partial charge is 0.306 e. The summed E-state index contributed by atoms with van der Waals surface area (Å²) < 4.78 is 17.5. The van der Waals surface area contributed by atoms with Gasteiger partial charge in [0.2, 0.25) is 0 Å². The van der Waals surface area contributed by atoms with E-state index in [0.29, 0.717) is 43.8 Å². The molecule has 0 aliphatic rings. The lowest BCUT2D eigenvalue weighted by Gasteiger charge is -2.19. The third-order valence-corrected chi connectivity index (χ3v) is 11.8. The fourth-order valence-electron chi connectivity index (χ4n) is 7.96. The molecule has 328 valence electrons. The van der Waals surface area contributed by atoms with Gasteiger partial charge in [-0.15, -0.1) is 0 Å².